The molecule has 0 saturated carbocycles. The van der Waals surface area contributed by atoms with Crippen molar-refractivity contribution < 1.29 is 4.42 Å². The van der Waals surface area contributed by atoms with Gasteiger partial charge < -0.3 is 14.3 Å². The topological polar surface area (TPSA) is 107 Å². The Labute approximate surface area is 647 Å². The van der Waals surface area contributed by atoms with Gasteiger partial charge in [-0.1, -0.05) is 250 Å². The van der Waals surface area contributed by atoms with Crippen molar-refractivity contribution in [3.05, 3.63) is 355 Å². The Balaban J connectivity index is 0.624. The maximum atomic E-state index is 6.54. The SMILES string of the molecule is C/C=C(\C=C/Cc1cc(-c2ccc(-c3nc(-c4ccccc4)nc(-c4ccc(Nc5ccccc5)c(-c5cccc(C)c5)c4)n3)c(C)c2)c2sc3ccccc3c2c1)n1c2ccccc2c2cc(-c3nc(-c4ccccc4)nc(-c4ccc5c(c4)C(C)(C)c4ccc(-c6cccc7c6oc6ccccc67)cc4-5)n3)ccc21. The number of fused-ring (bicyclic) bond motifs is 12. The van der Waals surface area contributed by atoms with Gasteiger partial charge in [0.2, 0.25) is 0 Å². The maximum absolute atomic E-state index is 6.54. The minimum atomic E-state index is -0.290. The molecule has 14 aromatic carbocycles. The maximum Gasteiger partial charge on any atom is 0.164 e. The zero-order valence-electron chi connectivity index (χ0n) is 61.8. The molecule has 9 nitrogen and oxygen atoms in total. The summed E-state index contributed by atoms with van der Waals surface area (Å²) in [6, 6.07) is 110. The summed E-state index contributed by atoms with van der Waals surface area (Å²) >= 11 is 1.85. The largest absolute Gasteiger partial charge is 0.455 e. The number of aromatic nitrogens is 7. The van der Waals surface area contributed by atoms with E-state index in [1.54, 1.807) is 0 Å². The molecule has 5 aromatic heterocycles. The van der Waals surface area contributed by atoms with Crippen LogP contribution in [0.5, 0.6) is 0 Å². The van der Waals surface area contributed by atoms with Crippen LogP contribution in [0.3, 0.4) is 0 Å². The van der Waals surface area contributed by atoms with Gasteiger partial charge in [-0.05, 0) is 180 Å². The summed E-state index contributed by atoms with van der Waals surface area (Å²) in [6.07, 6.45) is 7.51. The summed E-state index contributed by atoms with van der Waals surface area (Å²) in [4.78, 5) is 31.7. The minimum absolute atomic E-state index is 0.290. The molecule has 0 atom stereocenters. The number of para-hydroxylation sites is 4. The van der Waals surface area contributed by atoms with E-state index in [4.69, 9.17) is 34.3 Å². The lowest BCUT2D eigenvalue weighted by molar-refractivity contribution is 0.660. The van der Waals surface area contributed by atoms with Gasteiger partial charge in [-0.15, -0.1) is 11.3 Å². The molecule has 1 aliphatic carbocycles. The van der Waals surface area contributed by atoms with Gasteiger partial charge in [0.05, 0.1) is 11.0 Å². The molecule has 111 heavy (non-hydrogen) atoms. The molecule has 0 aliphatic heterocycles. The summed E-state index contributed by atoms with van der Waals surface area (Å²) in [5.74, 6) is 3.66. The fourth-order valence-corrected chi connectivity index (χ4v) is 17.8. The van der Waals surface area contributed by atoms with Crippen LogP contribution in [0.15, 0.2) is 332 Å². The second-order valence-electron chi connectivity index (χ2n) is 29.4. The first-order valence-electron chi connectivity index (χ1n) is 37.8. The first-order chi connectivity index (χ1) is 54.5. The highest BCUT2D eigenvalue weighted by Crippen LogP contribution is 2.52. The van der Waals surface area contributed by atoms with Crippen LogP contribution in [-0.2, 0) is 11.8 Å². The van der Waals surface area contributed by atoms with Crippen LogP contribution in [0.1, 0.15) is 48.6 Å². The molecule has 5 heterocycles. The van der Waals surface area contributed by atoms with Crippen molar-refractivity contribution in [2.45, 2.75) is 46.5 Å². The molecular weight excluding hydrogens is 1370 g/mol. The zero-order chi connectivity index (χ0) is 74.4. The molecule has 0 radical (unpaired) electrons. The molecule has 0 spiro atoms. The van der Waals surface area contributed by atoms with E-state index in [0.717, 1.165) is 128 Å². The summed E-state index contributed by atoms with van der Waals surface area (Å²) in [6.45, 7) is 11.1. The molecule has 19 aromatic rings. The second-order valence-corrected chi connectivity index (χ2v) is 30.5. The molecule has 1 N–H and O–H groups in total. The van der Waals surface area contributed by atoms with E-state index < -0.39 is 0 Å². The summed E-state index contributed by atoms with van der Waals surface area (Å²) in [5, 5.41) is 10.7. The Kier molecular flexibility index (Phi) is 16.3. The highest BCUT2D eigenvalue weighted by Gasteiger charge is 2.37. The molecule has 528 valence electrons. The molecule has 20 rings (SSSR count). The van der Waals surface area contributed by atoms with Gasteiger partial charge in [0.25, 0.3) is 0 Å². The highest BCUT2D eigenvalue weighted by molar-refractivity contribution is 7.26. The monoisotopic (exact) mass is 1440 g/mol. The van der Waals surface area contributed by atoms with E-state index in [0.29, 0.717) is 41.4 Å². The van der Waals surface area contributed by atoms with E-state index in [9.17, 15) is 0 Å². The molecule has 0 saturated heterocycles. The van der Waals surface area contributed by atoms with Crippen molar-refractivity contribution in [3.63, 3.8) is 0 Å². The number of nitrogens with one attached hydrogen (secondary N) is 1. The van der Waals surface area contributed by atoms with E-state index in [2.05, 4.69) is 305 Å². The van der Waals surface area contributed by atoms with Crippen molar-refractivity contribution in [2.24, 2.45) is 0 Å². The number of thiophene rings is 1. The van der Waals surface area contributed by atoms with Gasteiger partial charge in [-0.3, -0.25) is 0 Å². The molecule has 10 heteroatoms. The van der Waals surface area contributed by atoms with Crippen LogP contribution in [0.25, 0.3) is 182 Å². The van der Waals surface area contributed by atoms with Crippen LogP contribution in [0, 0.1) is 13.8 Å². The Bertz CT molecular complexity index is 7030. The molecule has 1 aliphatic rings. The Morgan fingerprint density at radius 3 is 1.71 bits per heavy atom. The van der Waals surface area contributed by atoms with Crippen LogP contribution < -0.4 is 5.32 Å². The second kappa shape index (κ2) is 27.2. The Morgan fingerprint density at radius 2 is 0.964 bits per heavy atom. The predicted octanol–water partition coefficient (Wildman–Crippen LogP) is 26.8. The predicted molar refractivity (Wildman–Crippen MR) is 461 cm³/mol. The lowest BCUT2D eigenvalue weighted by atomic mass is 9.81. The number of hydrogen-bond acceptors (Lipinski definition) is 9. The van der Waals surface area contributed by atoms with Crippen LogP contribution >= 0.6 is 11.3 Å². The number of benzene rings is 14. The van der Waals surface area contributed by atoms with Gasteiger partial charge in [-0.2, -0.15) is 0 Å². The third kappa shape index (κ3) is 11.9. The van der Waals surface area contributed by atoms with E-state index in [1.165, 1.54) is 59.1 Å². The number of nitrogens with zero attached hydrogens (tertiary/aromatic N) is 7. The van der Waals surface area contributed by atoms with Crippen molar-refractivity contribution in [1.29, 1.82) is 0 Å². The number of allylic oxidation sites excluding steroid dienone is 4. The number of anilines is 2. The van der Waals surface area contributed by atoms with Crippen molar-refractivity contribution in [1.82, 2.24) is 34.5 Å². The molecule has 0 unspecified atom stereocenters. The lowest BCUT2D eigenvalue weighted by Gasteiger charge is -2.22. The van der Waals surface area contributed by atoms with Crippen LogP contribution in [0.4, 0.5) is 11.4 Å². The third-order valence-corrected chi connectivity index (χ3v) is 23.3. The summed E-state index contributed by atoms with van der Waals surface area (Å²) in [5.41, 5.74) is 27.4. The fourth-order valence-electron chi connectivity index (χ4n) is 16.6. The first kappa shape index (κ1) is 66.6. The van der Waals surface area contributed by atoms with Gasteiger partial charge in [0.1, 0.15) is 11.2 Å². The number of hydrogen-bond donors (Lipinski definition) is 1. The highest BCUT2D eigenvalue weighted by atomic mass is 32.1. The van der Waals surface area contributed by atoms with E-state index in [1.807, 2.05) is 78.1 Å². The lowest BCUT2D eigenvalue weighted by Crippen LogP contribution is -2.15. The molecule has 0 bridgehead atoms. The molecule has 0 amide bonds. The van der Waals surface area contributed by atoms with Crippen LogP contribution in [-0.4, -0.2) is 34.5 Å². The average Bonchev–Trinajstić information content (AvgIpc) is 1.66. The van der Waals surface area contributed by atoms with Gasteiger partial charge in [-0.25, -0.2) is 29.9 Å². The van der Waals surface area contributed by atoms with Gasteiger partial charge in [0.15, 0.2) is 34.9 Å². The number of aryl methyl sites for hydroxylation is 2. The molecule has 0 fully saturated rings. The summed E-state index contributed by atoms with van der Waals surface area (Å²) in [7, 11) is 0. The molecular formula is C101H72N8OS. The number of furan rings is 1. The smallest absolute Gasteiger partial charge is 0.164 e. The fraction of sp³-hybridized carbons (Fsp3) is 0.0693. The minimum Gasteiger partial charge on any atom is -0.455 e. The van der Waals surface area contributed by atoms with Crippen LogP contribution in [0.2, 0.25) is 0 Å². The van der Waals surface area contributed by atoms with E-state index >= 15 is 0 Å². The van der Waals surface area contributed by atoms with Crippen molar-refractivity contribution in [2.75, 3.05) is 5.32 Å². The standard InChI is InChI=1S/C101H72N8OS/c1-6-73(34-23-26-63-55-82(94-85(56-63)79-37-18-21-42-92(79)111-94)67-43-48-74(62(3)54-67)100-107-96(65-29-12-8-13-30-65)105-98(108-100)69-46-51-88(102-72-32-14-9-15-33-72)81(58-69)66-31-22-25-61(2)53-66)109-89-40-19-16-35-77(89)84-59-70(47-52-90(84)109)97-103-95(64-27-10-7-11-28-64)104-99(106-97)71-44-49-76-83-57-68(45-50-86(83)101(4,5)87(76)60-71)75-38-24-39-80-78-36-17-20-41-91(78)110-93(75)80/h6-25,27-60,102H,26H2,1-5H3/b34-23-,73-6+. The van der Waals surface area contributed by atoms with Gasteiger partial charge in [0, 0.05) is 109 Å². The Hall–Kier alpha value is -13.8. The van der Waals surface area contributed by atoms with Gasteiger partial charge >= 0.3 is 0 Å². The average molecular weight is 1450 g/mol. The Morgan fingerprint density at radius 1 is 0.396 bits per heavy atom. The quantitative estimate of drug-likeness (QED) is 0.101. The third-order valence-electron chi connectivity index (χ3n) is 22.1. The zero-order valence-corrected chi connectivity index (χ0v) is 62.6. The van der Waals surface area contributed by atoms with Crippen molar-refractivity contribution >= 4 is 92.3 Å². The van der Waals surface area contributed by atoms with Crippen molar-refractivity contribution in [3.8, 4) is 113 Å². The number of rotatable bonds is 15. The first-order valence-corrected chi connectivity index (χ1v) is 38.6. The summed E-state index contributed by atoms with van der Waals surface area (Å²) < 4.78 is 11.4. The normalized spacial score (nSPS) is 12.7. The van der Waals surface area contributed by atoms with E-state index in [-0.39, 0.29) is 5.41 Å².